The lowest BCUT2D eigenvalue weighted by Crippen LogP contribution is -2.32. The highest BCUT2D eigenvalue weighted by Crippen LogP contribution is 2.50. The highest BCUT2D eigenvalue weighted by molar-refractivity contribution is 5.92. The van der Waals surface area contributed by atoms with Crippen LogP contribution < -0.4 is 18.3 Å². The fourth-order valence-corrected chi connectivity index (χ4v) is 20.3. The first kappa shape index (κ1) is 78.7. The minimum absolute atomic E-state index is 1.01. The Morgan fingerprint density at radius 2 is 0.471 bits per heavy atom. The molecule has 4 heterocycles. The average Bonchev–Trinajstić information content (AvgIpc) is 1.62. The number of aromatic nitrogens is 4. The predicted octanol–water partition coefficient (Wildman–Crippen LogP) is 26.3. The Morgan fingerprint density at radius 3 is 0.966 bits per heavy atom. The summed E-state index contributed by atoms with van der Waals surface area (Å²) in [4.78, 5) is 0. The van der Waals surface area contributed by atoms with Gasteiger partial charge in [0.25, 0.3) is 0 Å². The van der Waals surface area contributed by atoms with Crippen molar-refractivity contribution in [3.63, 3.8) is 0 Å². The molecule has 12 aromatic carbocycles. The number of rotatable bonds is 8. The molecule has 0 saturated heterocycles. The SMILES string of the molecule is Cc1ccccc1-c1c[n+](C)c(-c2c(C)cc(C)c3c2Cc2ccccc2-3)cc1C.Cc1ccccc1-c1c[n+](C)c(-c2c(C)ccc3c2Cc2cccc(C)c2-3)cc1C.Cc1ccccc1-c1c[n+](C)c(-c2c(C)ccc3c2Cc2ccccc2-3)cc1C.Cc1ccccc1-c1cc(-c2c(C)ccc3c2Cc2c(C)cccc2-3)[n+](C)cc1C. The average molecular weight is 1550 g/mol. The quantitative estimate of drug-likeness (QED) is 0.135. The number of pyridine rings is 4. The van der Waals surface area contributed by atoms with Crippen molar-refractivity contribution < 1.29 is 18.3 Å². The minimum Gasteiger partial charge on any atom is -0.201 e. The highest BCUT2D eigenvalue weighted by Gasteiger charge is 2.34. The van der Waals surface area contributed by atoms with Gasteiger partial charge in [0, 0.05) is 46.5 Å². The molecular formula is C115H110N4+4. The van der Waals surface area contributed by atoms with Gasteiger partial charge in [0.1, 0.15) is 28.2 Å². The van der Waals surface area contributed by atoms with Crippen molar-refractivity contribution in [1.82, 2.24) is 0 Å². The maximum atomic E-state index is 2.40. The van der Waals surface area contributed by atoms with E-state index in [4.69, 9.17) is 0 Å². The molecular weight excluding hydrogens is 1440 g/mol. The van der Waals surface area contributed by atoms with Gasteiger partial charge < -0.3 is 0 Å². The lowest BCUT2D eigenvalue weighted by molar-refractivity contribution is -0.660. The molecule has 4 aliphatic rings. The van der Waals surface area contributed by atoms with E-state index in [2.05, 4.69) is 424 Å². The molecule has 4 nitrogen and oxygen atoms in total. The van der Waals surface area contributed by atoms with E-state index in [9.17, 15) is 0 Å². The van der Waals surface area contributed by atoms with E-state index in [0.717, 1.165) is 25.7 Å². The van der Waals surface area contributed by atoms with Crippen LogP contribution in [0, 0.1) is 104 Å². The van der Waals surface area contributed by atoms with Crippen LogP contribution in [0.3, 0.4) is 0 Å². The molecule has 4 aliphatic carbocycles. The summed E-state index contributed by atoms with van der Waals surface area (Å²) < 4.78 is 9.23. The fraction of sp³-hybridized carbons (Fsp3) is 0.200. The van der Waals surface area contributed by atoms with Gasteiger partial charge in [-0.05, 0) is 324 Å². The van der Waals surface area contributed by atoms with Crippen molar-refractivity contribution in [1.29, 1.82) is 0 Å². The zero-order valence-electron chi connectivity index (χ0n) is 73.1. The molecule has 0 fully saturated rings. The molecule has 4 aromatic heterocycles. The van der Waals surface area contributed by atoms with Crippen molar-refractivity contribution in [2.45, 2.75) is 130 Å². The molecule has 0 saturated carbocycles. The van der Waals surface area contributed by atoms with Gasteiger partial charge in [0.05, 0.1) is 22.3 Å². The predicted molar refractivity (Wildman–Crippen MR) is 498 cm³/mol. The third-order valence-electron chi connectivity index (χ3n) is 26.4. The maximum absolute atomic E-state index is 2.40. The van der Waals surface area contributed by atoms with Crippen LogP contribution in [0.5, 0.6) is 0 Å². The normalized spacial score (nSPS) is 12.0. The van der Waals surface area contributed by atoms with Crippen LogP contribution in [0.4, 0.5) is 0 Å². The summed E-state index contributed by atoms with van der Waals surface area (Å²) in [5, 5.41) is 0. The Bertz CT molecular complexity index is 6830. The molecule has 0 radical (unpaired) electrons. The Balaban J connectivity index is 0.000000113. The summed E-state index contributed by atoms with van der Waals surface area (Å²) in [6.07, 6.45) is 13.3. The summed E-state index contributed by atoms with van der Waals surface area (Å²) in [7, 11) is 8.72. The fourth-order valence-electron chi connectivity index (χ4n) is 20.3. The van der Waals surface area contributed by atoms with Gasteiger partial charge in [-0.1, -0.05) is 224 Å². The monoisotopic (exact) mass is 1550 g/mol. The van der Waals surface area contributed by atoms with Gasteiger partial charge in [0.15, 0.2) is 24.8 Å². The molecule has 16 aromatic rings. The van der Waals surface area contributed by atoms with Gasteiger partial charge in [-0.2, -0.15) is 0 Å². The molecule has 0 N–H and O–H groups in total. The van der Waals surface area contributed by atoms with E-state index in [1.807, 2.05) is 0 Å². The third-order valence-corrected chi connectivity index (χ3v) is 26.4. The second-order valence-electron chi connectivity index (χ2n) is 34.5. The van der Waals surface area contributed by atoms with Crippen LogP contribution in [0.15, 0.2) is 274 Å². The maximum Gasteiger partial charge on any atom is 0.213 e. The number of fused-ring (bicyclic) bond motifs is 12. The first-order valence-corrected chi connectivity index (χ1v) is 42.5. The smallest absolute Gasteiger partial charge is 0.201 e. The van der Waals surface area contributed by atoms with Gasteiger partial charge in [-0.3, -0.25) is 0 Å². The van der Waals surface area contributed by atoms with E-state index in [1.54, 1.807) is 0 Å². The number of aryl methyl sites for hydroxylation is 19. The van der Waals surface area contributed by atoms with E-state index in [-0.39, 0.29) is 0 Å². The Morgan fingerprint density at radius 1 is 0.160 bits per heavy atom. The molecule has 20 rings (SSSR count). The van der Waals surface area contributed by atoms with Crippen LogP contribution in [-0.4, -0.2) is 0 Å². The molecule has 4 heteroatoms. The first-order chi connectivity index (χ1) is 57.4. The van der Waals surface area contributed by atoms with Gasteiger partial charge >= 0.3 is 0 Å². The molecule has 0 spiro atoms. The van der Waals surface area contributed by atoms with Crippen molar-refractivity contribution in [2.75, 3.05) is 0 Å². The Hall–Kier alpha value is -12.8. The Kier molecular flexibility index (Phi) is 21.1. The summed E-state index contributed by atoms with van der Waals surface area (Å²) in [6, 6.07) is 91.4. The van der Waals surface area contributed by atoms with E-state index in [1.165, 1.54) is 262 Å². The molecule has 586 valence electrons. The minimum atomic E-state index is 1.01. The Labute approximate surface area is 706 Å². The van der Waals surface area contributed by atoms with Crippen molar-refractivity contribution in [2.24, 2.45) is 28.2 Å². The highest BCUT2D eigenvalue weighted by atomic mass is 14.9. The summed E-state index contributed by atoms with van der Waals surface area (Å²) >= 11 is 0. The molecule has 0 aliphatic heterocycles. The molecule has 0 atom stereocenters. The second-order valence-corrected chi connectivity index (χ2v) is 34.5. The van der Waals surface area contributed by atoms with E-state index >= 15 is 0 Å². The summed E-state index contributed by atoms with van der Waals surface area (Å²) in [6.45, 7) is 33.4. The van der Waals surface area contributed by atoms with Crippen LogP contribution in [0.1, 0.15) is 128 Å². The number of benzene rings is 12. The molecule has 0 amide bonds. The number of hydrogen-bond donors (Lipinski definition) is 0. The zero-order chi connectivity index (χ0) is 83.1. The van der Waals surface area contributed by atoms with Crippen LogP contribution in [0.2, 0.25) is 0 Å². The molecule has 119 heavy (non-hydrogen) atoms. The van der Waals surface area contributed by atoms with Crippen LogP contribution in [0.25, 0.3) is 134 Å². The topological polar surface area (TPSA) is 15.5 Å². The first-order valence-electron chi connectivity index (χ1n) is 42.5. The number of nitrogens with zero attached hydrogens (tertiary/aromatic N) is 4. The lowest BCUT2D eigenvalue weighted by atomic mass is 9.89. The van der Waals surface area contributed by atoms with Crippen LogP contribution >= 0.6 is 0 Å². The molecule has 0 bridgehead atoms. The van der Waals surface area contributed by atoms with Crippen LogP contribution in [-0.2, 0) is 53.9 Å². The van der Waals surface area contributed by atoms with Gasteiger partial charge in [-0.15, -0.1) is 0 Å². The third kappa shape index (κ3) is 14.3. The van der Waals surface area contributed by atoms with E-state index < -0.39 is 0 Å². The lowest BCUT2D eigenvalue weighted by Gasteiger charge is -2.16. The van der Waals surface area contributed by atoms with Gasteiger partial charge in [0.2, 0.25) is 22.8 Å². The van der Waals surface area contributed by atoms with Gasteiger partial charge in [-0.25, -0.2) is 18.3 Å². The summed E-state index contributed by atoms with van der Waals surface area (Å²) in [5.74, 6) is 0. The number of hydrogen-bond acceptors (Lipinski definition) is 0. The molecule has 0 unspecified atom stereocenters. The summed E-state index contributed by atoms with van der Waals surface area (Å²) in [5.41, 5.74) is 64.3. The standard InChI is InChI=1S/3C29H28N.C28H26N/c1-18-10-6-8-12-23(18)26-17-30(5)27(15-19(26)2)29-21(4)14-20(3)28-24-13-9-7-11-22(24)16-25(28)29;1-18-9-6-7-12-23(18)26-17-30(5)27(15-21(26)4)29-20(3)13-14-24-25(29)16-22-11-8-10-19(2)28(22)24;1-18-9-6-7-11-22(18)26-16-28(30(5)17-21(26)4)29-20(3)13-14-24-23-12-8-10-19(2)25(23)15-27(24)29;1-18-9-5-7-11-22(18)26-17-29(4)27(15-20(26)3)28-19(2)13-14-24-23-12-8-6-10-21(23)16-25(24)28/h2*6-15,17H,16H2,1-5H3;6-14,16-17H,15H2,1-5H3;5-15,17H,16H2,1-4H3/q4*+1. The second kappa shape index (κ2) is 31.9. The zero-order valence-corrected chi connectivity index (χ0v) is 73.1. The van der Waals surface area contributed by atoms with Crippen molar-refractivity contribution >= 4 is 0 Å². The van der Waals surface area contributed by atoms with E-state index in [0.29, 0.717) is 0 Å². The largest absolute Gasteiger partial charge is 0.213 e. The van der Waals surface area contributed by atoms with Crippen molar-refractivity contribution in [3.05, 3.63) is 401 Å². The van der Waals surface area contributed by atoms with Crippen molar-refractivity contribution in [3.8, 4) is 134 Å².